The Bertz CT molecular complexity index is 941. The van der Waals surface area contributed by atoms with Gasteiger partial charge < -0.3 is 14.6 Å². The van der Waals surface area contributed by atoms with Gasteiger partial charge in [0.25, 0.3) is 0 Å². The van der Waals surface area contributed by atoms with E-state index in [1.807, 2.05) is 24.9 Å². The number of hydrogen-bond acceptors (Lipinski definition) is 7. The lowest BCUT2D eigenvalue weighted by molar-refractivity contribution is 0.0485. The van der Waals surface area contributed by atoms with E-state index in [1.54, 1.807) is 0 Å². The Morgan fingerprint density at radius 2 is 2.07 bits per heavy atom. The van der Waals surface area contributed by atoms with Gasteiger partial charge in [0.15, 0.2) is 11.5 Å². The Hall–Kier alpha value is -2.32. The number of aryl methyl sites for hydroxylation is 2. The van der Waals surface area contributed by atoms with Crippen LogP contribution in [0.1, 0.15) is 61.6 Å². The van der Waals surface area contributed by atoms with Crippen molar-refractivity contribution in [2.75, 3.05) is 13.2 Å². The SMILES string of the molecule is Cc1nn(C)c2ncc(CN[C@H](c3nc(C(C)C)no3)C3CCOCC3)cc12. The standard InChI is InChI=1S/C20H28N6O2/c1-12(2)18-23-20(28-25-18)17(15-5-7-27-8-6-15)21-10-14-9-16-13(3)24-26(4)19(16)22-11-14/h9,11-12,15,17,21H,5-8,10H2,1-4H3/t17-/m0/s1. The van der Waals surface area contributed by atoms with E-state index in [0.29, 0.717) is 18.4 Å². The van der Waals surface area contributed by atoms with Crippen molar-refractivity contribution in [1.29, 1.82) is 0 Å². The summed E-state index contributed by atoms with van der Waals surface area (Å²) in [7, 11) is 1.92. The first kappa shape index (κ1) is 19.0. The van der Waals surface area contributed by atoms with E-state index in [1.165, 1.54) is 0 Å². The maximum Gasteiger partial charge on any atom is 0.244 e. The van der Waals surface area contributed by atoms with Crippen LogP contribution in [0.25, 0.3) is 11.0 Å². The highest BCUT2D eigenvalue weighted by Crippen LogP contribution is 2.30. The maximum absolute atomic E-state index is 5.63. The van der Waals surface area contributed by atoms with Crippen LogP contribution in [0, 0.1) is 12.8 Å². The van der Waals surface area contributed by atoms with Crippen molar-refractivity contribution in [1.82, 2.24) is 30.2 Å². The molecule has 1 fully saturated rings. The van der Waals surface area contributed by atoms with Crippen LogP contribution in [0.15, 0.2) is 16.8 Å². The van der Waals surface area contributed by atoms with Crippen molar-refractivity contribution in [3.05, 3.63) is 35.2 Å². The molecule has 8 heteroatoms. The molecule has 0 bridgehead atoms. The second-order valence-corrected chi connectivity index (χ2v) is 7.88. The van der Waals surface area contributed by atoms with E-state index in [2.05, 4.69) is 45.5 Å². The molecule has 0 amide bonds. The van der Waals surface area contributed by atoms with Gasteiger partial charge in [-0.05, 0) is 37.3 Å². The topological polar surface area (TPSA) is 90.9 Å². The number of nitrogens with one attached hydrogen (secondary N) is 1. The van der Waals surface area contributed by atoms with E-state index < -0.39 is 0 Å². The van der Waals surface area contributed by atoms with Crippen LogP contribution in [-0.2, 0) is 18.3 Å². The van der Waals surface area contributed by atoms with Crippen molar-refractivity contribution in [2.24, 2.45) is 13.0 Å². The third-order valence-electron chi connectivity index (χ3n) is 5.42. The molecule has 4 heterocycles. The molecule has 0 saturated carbocycles. The van der Waals surface area contributed by atoms with E-state index in [-0.39, 0.29) is 12.0 Å². The highest BCUT2D eigenvalue weighted by atomic mass is 16.5. The lowest BCUT2D eigenvalue weighted by Crippen LogP contribution is -2.32. The minimum Gasteiger partial charge on any atom is -0.381 e. The summed E-state index contributed by atoms with van der Waals surface area (Å²) in [4.78, 5) is 9.24. The van der Waals surface area contributed by atoms with E-state index in [0.717, 1.165) is 54.2 Å². The molecule has 0 spiro atoms. The van der Waals surface area contributed by atoms with Gasteiger partial charge in [0, 0.05) is 44.3 Å². The van der Waals surface area contributed by atoms with E-state index in [4.69, 9.17) is 9.26 Å². The average molecular weight is 384 g/mol. The molecule has 0 aromatic carbocycles. The molecule has 8 nitrogen and oxygen atoms in total. The molecule has 4 rings (SSSR count). The predicted molar refractivity (Wildman–Crippen MR) is 105 cm³/mol. The summed E-state index contributed by atoms with van der Waals surface area (Å²) >= 11 is 0. The Balaban J connectivity index is 1.55. The molecule has 0 aliphatic carbocycles. The predicted octanol–water partition coefficient (Wildman–Crippen LogP) is 3.04. The summed E-state index contributed by atoms with van der Waals surface area (Å²) < 4.78 is 13.0. The molecule has 1 atom stereocenters. The lowest BCUT2D eigenvalue weighted by Gasteiger charge is -2.28. The Morgan fingerprint density at radius 3 is 2.79 bits per heavy atom. The molecule has 0 radical (unpaired) electrons. The van der Waals surface area contributed by atoms with Gasteiger partial charge >= 0.3 is 0 Å². The van der Waals surface area contributed by atoms with Crippen LogP contribution in [0.3, 0.4) is 0 Å². The molecular formula is C20H28N6O2. The number of aromatic nitrogens is 5. The summed E-state index contributed by atoms with van der Waals surface area (Å²) in [5.74, 6) is 2.07. The second kappa shape index (κ2) is 7.97. The van der Waals surface area contributed by atoms with Crippen molar-refractivity contribution < 1.29 is 9.26 Å². The first-order valence-electron chi connectivity index (χ1n) is 9.95. The number of rotatable bonds is 6. The third kappa shape index (κ3) is 3.79. The van der Waals surface area contributed by atoms with Gasteiger partial charge in [-0.3, -0.25) is 4.68 Å². The van der Waals surface area contributed by atoms with Crippen LogP contribution in [0.5, 0.6) is 0 Å². The number of ether oxygens (including phenoxy) is 1. The van der Waals surface area contributed by atoms with E-state index >= 15 is 0 Å². The van der Waals surface area contributed by atoms with Gasteiger partial charge in [-0.2, -0.15) is 10.1 Å². The zero-order valence-corrected chi connectivity index (χ0v) is 17.0. The minimum atomic E-state index is 0.00888. The first-order chi connectivity index (χ1) is 13.5. The van der Waals surface area contributed by atoms with Crippen molar-refractivity contribution in [3.8, 4) is 0 Å². The smallest absolute Gasteiger partial charge is 0.244 e. The van der Waals surface area contributed by atoms with Crippen molar-refractivity contribution in [3.63, 3.8) is 0 Å². The highest BCUT2D eigenvalue weighted by Gasteiger charge is 2.30. The largest absolute Gasteiger partial charge is 0.381 e. The van der Waals surface area contributed by atoms with Crippen molar-refractivity contribution >= 4 is 11.0 Å². The van der Waals surface area contributed by atoms with Gasteiger partial charge in [0.1, 0.15) is 0 Å². The monoisotopic (exact) mass is 384 g/mol. The fourth-order valence-electron chi connectivity index (χ4n) is 3.79. The normalized spacial score (nSPS) is 16.9. The Kier molecular flexibility index (Phi) is 5.41. The summed E-state index contributed by atoms with van der Waals surface area (Å²) in [5, 5.41) is 13.3. The molecule has 1 saturated heterocycles. The summed E-state index contributed by atoms with van der Waals surface area (Å²) in [6.45, 7) is 8.38. The van der Waals surface area contributed by atoms with Gasteiger partial charge in [-0.25, -0.2) is 4.98 Å². The fourth-order valence-corrected chi connectivity index (χ4v) is 3.79. The van der Waals surface area contributed by atoms with Crippen molar-refractivity contribution in [2.45, 2.75) is 52.1 Å². The number of pyridine rings is 1. The Morgan fingerprint density at radius 1 is 1.29 bits per heavy atom. The quantitative estimate of drug-likeness (QED) is 0.698. The molecule has 1 N–H and O–H groups in total. The molecule has 0 unspecified atom stereocenters. The molecule has 150 valence electrons. The molecule has 1 aliphatic rings. The molecule has 28 heavy (non-hydrogen) atoms. The van der Waals surface area contributed by atoms with Gasteiger partial charge in [0.05, 0.1) is 11.7 Å². The van der Waals surface area contributed by atoms with Crippen LogP contribution in [0.4, 0.5) is 0 Å². The molecule has 1 aliphatic heterocycles. The average Bonchev–Trinajstić information content (AvgIpc) is 3.29. The summed E-state index contributed by atoms with van der Waals surface area (Å²) in [5.41, 5.74) is 3.01. The molecule has 3 aromatic rings. The van der Waals surface area contributed by atoms with Crippen LogP contribution in [-0.4, -0.2) is 38.1 Å². The second-order valence-electron chi connectivity index (χ2n) is 7.88. The van der Waals surface area contributed by atoms with E-state index in [9.17, 15) is 0 Å². The lowest BCUT2D eigenvalue weighted by atomic mass is 9.91. The van der Waals surface area contributed by atoms with Gasteiger partial charge in [0.2, 0.25) is 5.89 Å². The number of nitrogens with zero attached hydrogens (tertiary/aromatic N) is 5. The minimum absolute atomic E-state index is 0.00888. The van der Waals surface area contributed by atoms with Crippen LogP contribution in [0.2, 0.25) is 0 Å². The number of hydrogen-bond donors (Lipinski definition) is 1. The highest BCUT2D eigenvalue weighted by molar-refractivity contribution is 5.78. The molecular weight excluding hydrogens is 356 g/mol. The fraction of sp³-hybridized carbons (Fsp3) is 0.600. The van der Waals surface area contributed by atoms with Crippen LogP contribution >= 0.6 is 0 Å². The maximum atomic E-state index is 5.63. The molecule has 3 aromatic heterocycles. The summed E-state index contributed by atoms with van der Waals surface area (Å²) in [6.07, 6.45) is 3.87. The van der Waals surface area contributed by atoms with Crippen LogP contribution < -0.4 is 5.32 Å². The van der Waals surface area contributed by atoms with Gasteiger partial charge in [-0.1, -0.05) is 19.0 Å². The number of fused-ring (bicyclic) bond motifs is 1. The zero-order chi connectivity index (χ0) is 19.7. The van der Waals surface area contributed by atoms with Gasteiger partial charge in [-0.15, -0.1) is 0 Å². The first-order valence-corrected chi connectivity index (χ1v) is 9.95. The Labute approximate surface area is 164 Å². The zero-order valence-electron chi connectivity index (χ0n) is 17.0. The third-order valence-corrected chi connectivity index (χ3v) is 5.42. The summed E-state index contributed by atoms with van der Waals surface area (Å²) in [6, 6.07) is 2.17.